The molecule has 0 aliphatic carbocycles. The summed E-state index contributed by atoms with van der Waals surface area (Å²) in [5.74, 6) is 1.37. The molecule has 0 saturated heterocycles. The SMILES string of the molecule is CCc1ccc(Nc2nc(Nc3ccc(C)cc3)c3ccccc3n2)cc1. The van der Waals surface area contributed by atoms with Crippen molar-refractivity contribution >= 4 is 34.0 Å². The zero-order valence-electron chi connectivity index (χ0n) is 15.5. The van der Waals surface area contributed by atoms with E-state index in [1.165, 1.54) is 11.1 Å². The number of nitrogens with zero attached hydrogens (tertiary/aromatic N) is 2. The highest BCUT2D eigenvalue weighted by molar-refractivity contribution is 5.92. The van der Waals surface area contributed by atoms with Gasteiger partial charge in [-0.25, -0.2) is 4.98 Å². The molecular weight excluding hydrogens is 332 g/mol. The fourth-order valence-corrected chi connectivity index (χ4v) is 2.95. The Morgan fingerprint density at radius 1 is 0.741 bits per heavy atom. The van der Waals surface area contributed by atoms with E-state index in [1.807, 2.05) is 24.3 Å². The van der Waals surface area contributed by atoms with Crippen molar-refractivity contribution in [3.05, 3.63) is 83.9 Å². The van der Waals surface area contributed by atoms with Gasteiger partial charge in [0.1, 0.15) is 5.82 Å². The smallest absolute Gasteiger partial charge is 0.229 e. The van der Waals surface area contributed by atoms with Crippen LogP contribution in [0.15, 0.2) is 72.8 Å². The normalized spacial score (nSPS) is 10.7. The van der Waals surface area contributed by atoms with Crippen molar-refractivity contribution in [3.63, 3.8) is 0 Å². The van der Waals surface area contributed by atoms with Crippen LogP contribution in [-0.4, -0.2) is 9.97 Å². The van der Waals surface area contributed by atoms with Gasteiger partial charge in [-0.2, -0.15) is 4.98 Å². The number of fused-ring (bicyclic) bond motifs is 1. The van der Waals surface area contributed by atoms with Crippen molar-refractivity contribution in [3.8, 4) is 0 Å². The van der Waals surface area contributed by atoms with Gasteiger partial charge >= 0.3 is 0 Å². The van der Waals surface area contributed by atoms with Crippen molar-refractivity contribution in [2.75, 3.05) is 10.6 Å². The van der Waals surface area contributed by atoms with E-state index in [2.05, 4.69) is 78.0 Å². The van der Waals surface area contributed by atoms with E-state index in [9.17, 15) is 0 Å². The minimum Gasteiger partial charge on any atom is -0.340 e. The molecule has 3 aromatic carbocycles. The quantitative estimate of drug-likeness (QED) is 0.462. The number of aryl methyl sites for hydroxylation is 2. The van der Waals surface area contributed by atoms with Crippen molar-refractivity contribution in [2.24, 2.45) is 0 Å². The highest BCUT2D eigenvalue weighted by Gasteiger charge is 2.08. The van der Waals surface area contributed by atoms with Gasteiger partial charge in [0.25, 0.3) is 0 Å². The molecular formula is C23H22N4. The maximum absolute atomic E-state index is 4.72. The van der Waals surface area contributed by atoms with Crippen LogP contribution in [0.1, 0.15) is 18.1 Å². The van der Waals surface area contributed by atoms with Crippen LogP contribution in [0.2, 0.25) is 0 Å². The summed E-state index contributed by atoms with van der Waals surface area (Å²) in [5, 5.41) is 7.74. The Bertz CT molecular complexity index is 1050. The molecule has 0 spiro atoms. The fraction of sp³-hybridized carbons (Fsp3) is 0.130. The Labute approximate surface area is 159 Å². The lowest BCUT2D eigenvalue weighted by molar-refractivity contribution is 1.14. The molecule has 0 atom stereocenters. The molecule has 0 unspecified atom stereocenters. The summed E-state index contributed by atoms with van der Waals surface area (Å²) in [6, 6.07) is 24.7. The van der Waals surface area contributed by atoms with Gasteiger partial charge in [0, 0.05) is 16.8 Å². The molecule has 4 heteroatoms. The molecule has 4 nitrogen and oxygen atoms in total. The summed E-state index contributed by atoms with van der Waals surface area (Å²) in [6.07, 6.45) is 1.03. The molecule has 134 valence electrons. The number of nitrogens with one attached hydrogen (secondary N) is 2. The highest BCUT2D eigenvalue weighted by Crippen LogP contribution is 2.26. The number of hydrogen-bond donors (Lipinski definition) is 2. The number of hydrogen-bond acceptors (Lipinski definition) is 4. The molecule has 4 aromatic rings. The third-order valence-corrected chi connectivity index (χ3v) is 4.54. The number of benzene rings is 3. The van der Waals surface area contributed by atoms with Gasteiger partial charge in [-0.15, -0.1) is 0 Å². The van der Waals surface area contributed by atoms with Gasteiger partial charge in [0.15, 0.2) is 0 Å². The van der Waals surface area contributed by atoms with Gasteiger partial charge in [-0.3, -0.25) is 0 Å². The summed E-state index contributed by atoms with van der Waals surface area (Å²) < 4.78 is 0. The summed E-state index contributed by atoms with van der Waals surface area (Å²) in [6.45, 7) is 4.23. The minimum absolute atomic E-state index is 0.576. The van der Waals surface area contributed by atoms with Crippen LogP contribution in [0.4, 0.5) is 23.1 Å². The predicted molar refractivity (Wildman–Crippen MR) is 113 cm³/mol. The van der Waals surface area contributed by atoms with Crippen LogP contribution < -0.4 is 10.6 Å². The first-order valence-electron chi connectivity index (χ1n) is 9.18. The van der Waals surface area contributed by atoms with Gasteiger partial charge < -0.3 is 10.6 Å². The van der Waals surface area contributed by atoms with E-state index in [0.29, 0.717) is 5.95 Å². The zero-order chi connectivity index (χ0) is 18.6. The molecule has 4 rings (SSSR count). The Morgan fingerprint density at radius 2 is 1.41 bits per heavy atom. The molecule has 1 heterocycles. The van der Waals surface area contributed by atoms with Gasteiger partial charge in [-0.1, -0.05) is 48.9 Å². The molecule has 0 radical (unpaired) electrons. The molecule has 0 saturated carbocycles. The number of aromatic nitrogens is 2. The van der Waals surface area contributed by atoms with Crippen LogP contribution in [0, 0.1) is 6.92 Å². The van der Waals surface area contributed by atoms with E-state index < -0.39 is 0 Å². The molecule has 27 heavy (non-hydrogen) atoms. The summed E-state index contributed by atoms with van der Waals surface area (Å²) in [7, 11) is 0. The van der Waals surface area contributed by atoms with Crippen LogP contribution >= 0.6 is 0 Å². The first-order chi connectivity index (χ1) is 13.2. The predicted octanol–water partition coefficient (Wildman–Crippen LogP) is 5.99. The second kappa shape index (κ2) is 7.46. The molecule has 0 amide bonds. The highest BCUT2D eigenvalue weighted by atomic mass is 15.1. The topological polar surface area (TPSA) is 49.8 Å². The Hall–Kier alpha value is -3.40. The standard InChI is InChI=1S/C23H22N4/c1-3-17-10-14-19(15-11-17)25-23-26-21-7-5-4-6-20(21)22(27-23)24-18-12-8-16(2)9-13-18/h4-15H,3H2,1-2H3,(H2,24,25,26,27). The average Bonchev–Trinajstić information content (AvgIpc) is 2.70. The largest absolute Gasteiger partial charge is 0.340 e. The molecule has 0 aliphatic heterocycles. The monoisotopic (exact) mass is 354 g/mol. The van der Waals surface area contributed by atoms with Gasteiger partial charge in [-0.05, 0) is 55.3 Å². The summed E-state index contributed by atoms with van der Waals surface area (Å²) in [4.78, 5) is 9.39. The van der Waals surface area contributed by atoms with Crippen molar-refractivity contribution in [1.29, 1.82) is 0 Å². The number of para-hydroxylation sites is 1. The molecule has 0 aliphatic rings. The first-order valence-corrected chi connectivity index (χ1v) is 9.18. The lowest BCUT2D eigenvalue weighted by Crippen LogP contribution is -2.02. The maximum Gasteiger partial charge on any atom is 0.229 e. The summed E-state index contributed by atoms with van der Waals surface area (Å²) in [5.41, 5.74) is 5.41. The van der Waals surface area contributed by atoms with Gasteiger partial charge in [0.05, 0.1) is 5.52 Å². The molecule has 0 fully saturated rings. The van der Waals surface area contributed by atoms with Crippen LogP contribution in [-0.2, 0) is 6.42 Å². The second-order valence-electron chi connectivity index (χ2n) is 6.58. The van der Waals surface area contributed by atoms with E-state index in [1.54, 1.807) is 0 Å². The third-order valence-electron chi connectivity index (χ3n) is 4.54. The van der Waals surface area contributed by atoms with E-state index in [4.69, 9.17) is 4.98 Å². The molecule has 2 N–H and O–H groups in total. The zero-order valence-corrected chi connectivity index (χ0v) is 15.5. The first kappa shape index (κ1) is 17.0. The van der Waals surface area contributed by atoms with Crippen LogP contribution in [0.3, 0.4) is 0 Å². The lowest BCUT2D eigenvalue weighted by Gasteiger charge is -2.12. The summed E-state index contributed by atoms with van der Waals surface area (Å²) >= 11 is 0. The number of rotatable bonds is 5. The van der Waals surface area contributed by atoms with E-state index >= 15 is 0 Å². The lowest BCUT2D eigenvalue weighted by atomic mass is 10.1. The third kappa shape index (κ3) is 3.90. The van der Waals surface area contributed by atoms with E-state index in [0.717, 1.165) is 34.5 Å². The Kier molecular flexibility index (Phi) is 4.71. The van der Waals surface area contributed by atoms with Crippen molar-refractivity contribution in [1.82, 2.24) is 9.97 Å². The Morgan fingerprint density at radius 3 is 2.15 bits per heavy atom. The second-order valence-corrected chi connectivity index (χ2v) is 6.58. The van der Waals surface area contributed by atoms with Crippen molar-refractivity contribution in [2.45, 2.75) is 20.3 Å². The van der Waals surface area contributed by atoms with Gasteiger partial charge in [0.2, 0.25) is 5.95 Å². The molecule has 0 bridgehead atoms. The van der Waals surface area contributed by atoms with Crippen LogP contribution in [0.25, 0.3) is 10.9 Å². The fourth-order valence-electron chi connectivity index (χ4n) is 2.95. The Balaban J connectivity index is 1.69. The average molecular weight is 354 g/mol. The maximum atomic E-state index is 4.72. The van der Waals surface area contributed by atoms with Crippen molar-refractivity contribution < 1.29 is 0 Å². The minimum atomic E-state index is 0.576. The van der Waals surface area contributed by atoms with E-state index in [-0.39, 0.29) is 0 Å². The molecule has 1 aromatic heterocycles. The van der Waals surface area contributed by atoms with Crippen LogP contribution in [0.5, 0.6) is 0 Å². The number of anilines is 4.